The molecule has 1 aliphatic rings. The zero-order chi connectivity index (χ0) is 29.2. The van der Waals surface area contributed by atoms with E-state index in [1.165, 1.54) is 0 Å². The van der Waals surface area contributed by atoms with Gasteiger partial charge in [-0.25, -0.2) is 9.97 Å². The van der Waals surface area contributed by atoms with Crippen molar-refractivity contribution in [3.63, 3.8) is 0 Å². The third-order valence-electron chi connectivity index (χ3n) is 7.57. The lowest BCUT2D eigenvalue weighted by molar-refractivity contribution is 0.0934. The number of amides is 1. The Labute approximate surface area is 244 Å². The van der Waals surface area contributed by atoms with E-state index in [1.54, 1.807) is 10.9 Å². The van der Waals surface area contributed by atoms with Crippen LogP contribution < -0.4 is 11.1 Å². The van der Waals surface area contributed by atoms with Gasteiger partial charge in [-0.1, -0.05) is 18.2 Å². The van der Waals surface area contributed by atoms with Crippen LogP contribution in [0.1, 0.15) is 34.8 Å². The molecular formula is C31H34N10O. The number of benzene rings is 1. The van der Waals surface area contributed by atoms with Crippen molar-refractivity contribution in [1.82, 2.24) is 44.8 Å². The summed E-state index contributed by atoms with van der Waals surface area (Å²) in [5.41, 5.74) is 11.4. The van der Waals surface area contributed by atoms with E-state index in [-0.39, 0.29) is 17.6 Å². The van der Waals surface area contributed by atoms with Gasteiger partial charge in [0.1, 0.15) is 11.4 Å². The van der Waals surface area contributed by atoms with Crippen LogP contribution in [0.25, 0.3) is 33.5 Å². The molecule has 1 aromatic carbocycles. The molecular weight excluding hydrogens is 528 g/mol. The lowest BCUT2D eigenvalue weighted by Crippen LogP contribution is -2.44. The number of aromatic nitrogens is 6. The predicted octanol–water partition coefficient (Wildman–Crippen LogP) is 3.31. The molecule has 11 nitrogen and oxygen atoms in total. The van der Waals surface area contributed by atoms with Gasteiger partial charge in [-0.15, -0.1) is 0 Å². The molecule has 42 heavy (non-hydrogen) atoms. The van der Waals surface area contributed by atoms with Crippen molar-refractivity contribution in [2.75, 3.05) is 39.0 Å². The maximum atomic E-state index is 13.6. The average molecular weight is 563 g/mol. The monoisotopic (exact) mass is 562 g/mol. The second-order valence-corrected chi connectivity index (χ2v) is 10.8. The number of piperazine rings is 1. The lowest BCUT2D eigenvalue weighted by atomic mass is 10.0. The number of hydrogen-bond donors (Lipinski definition) is 2. The zero-order valence-electron chi connectivity index (χ0n) is 24.0. The number of aryl methyl sites for hydroxylation is 1. The van der Waals surface area contributed by atoms with Crippen molar-refractivity contribution < 1.29 is 4.79 Å². The van der Waals surface area contributed by atoms with Gasteiger partial charge in [0.2, 0.25) is 0 Å². The highest BCUT2D eigenvalue weighted by Gasteiger charge is 2.23. The largest absolute Gasteiger partial charge is 0.382 e. The number of likely N-dealkylation sites (N-methyl/N-ethyl adjacent to an activating group) is 1. The Morgan fingerprint density at radius 1 is 0.976 bits per heavy atom. The van der Waals surface area contributed by atoms with E-state index in [9.17, 15) is 4.79 Å². The highest BCUT2D eigenvalue weighted by molar-refractivity contribution is 5.98. The maximum absolute atomic E-state index is 13.6. The van der Waals surface area contributed by atoms with E-state index in [0.717, 1.165) is 60.6 Å². The fourth-order valence-corrected chi connectivity index (χ4v) is 5.16. The highest BCUT2D eigenvalue weighted by Crippen LogP contribution is 2.31. The number of fused-ring (bicyclic) bond motifs is 1. The fourth-order valence-electron chi connectivity index (χ4n) is 5.16. The minimum atomic E-state index is -0.421. The van der Waals surface area contributed by atoms with Crippen molar-refractivity contribution in [1.29, 1.82) is 0 Å². The first-order valence-electron chi connectivity index (χ1n) is 14.0. The smallest absolute Gasteiger partial charge is 0.274 e. The number of pyridine rings is 2. The minimum Gasteiger partial charge on any atom is -0.382 e. The summed E-state index contributed by atoms with van der Waals surface area (Å²) in [6.07, 6.45) is 3.58. The lowest BCUT2D eigenvalue weighted by Gasteiger charge is -2.32. The quantitative estimate of drug-likeness (QED) is 0.307. The van der Waals surface area contributed by atoms with Gasteiger partial charge in [0.25, 0.3) is 5.91 Å². The van der Waals surface area contributed by atoms with Gasteiger partial charge < -0.3 is 16.0 Å². The topological polar surface area (TPSA) is 131 Å². The van der Waals surface area contributed by atoms with Crippen molar-refractivity contribution in [2.45, 2.75) is 19.5 Å². The first-order chi connectivity index (χ1) is 20.3. The Morgan fingerprint density at radius 2 is 1.81 bits per heavy atom. The van der Waals surface area contributed by atoms with Crippen molar-refractivity contribution in [2.24, 2.45) is 7.05 Å². The third kappa shape index (κ3) is 5.83. The second kappa shape index (κ2) is 11.6. The Bertz CT molecular complexity index is 1740. The van der Waals surface area contributed by atoms with Gasteiger partial charge in [0.15, 0.2) is 11.5 Å². The molecule has 11 heteroatoms. The van der Waals surface area contributed by atoms with E-state index in [4.69, 9.17) is 15.7 Å². The van der Waals surface area contributed by atoms with Crippen LogP contribution in [0.2, 0.25) is 0 Å². The van der Waals surface area contributed by atoms with Crippen LogP contribution in [0.4, 0.5) is 5.82 Å². The molecule has 5 heterocycles. The molecule has 5 aromatic rings. The fraction of sp³-hybridized carbons (Fsp3) is 0.290. The Morgan fingerprint density at radius 3 is 2.60 bits per heavy atom. The predicted molar refractivity (Wildman–Crippen MR) is 162 cm³/mol. The average Bonchev–Trinajstić information content (AvgIpc) is 3.44. The Kier molecular flexibility index (Phi) is 7.60. The molecule has 1 atom stereocenters. The van der Waals surface area contributed by atoms with Gasteiger partial charge >= 0.3 is 0 Å². The molecule has 0 spiro atoms. The molecule has 4 aromatic heterocycles. The van der Waals surface area contributed by atoms with Crippen LogP contribution in [-0.4, -0.2) is 78.7 Å². The Balaban J connectivity index is 1.28. The molecule has 1 aliphatic heterocycles. The number of rotatable bonds is 7. The van der Waals surface area contributed by atoms with E-state index < -0.39 is 5.91 Å². The number of carbonyl (C=O) groups excluding carboxylic acids is 1. The van der Waals surface area contributed by atoms with Crippen molar-refractivity contribution in [3.8, 4) is 22.6 Å². The number of anilines is 1. The van der Waals surface area contributed by atoms with Crippen LogP contribution in [0.5, 0.6) is 0 Å². The van der Waals surface area contributed by atoms with E-state index >= 15 is 0 Å². The van der Waals surface area contributed by atoms with Crippen molar-refractivity contribution in [3.05, 3.63) is 84.1 Å². The van der Waals surface area contributed by atoms with Crippen LogP contribution in [0.15, 0.2) is 67.0 Å². The van der Waals surface area contributed by atoms with E-state index in [0.29, 0.717) is 17.1 Å². The molecule has 214 valence electrons. The second-order valence-electron chi connectivity index (χ2n) is 10.8. The van der Waals surface area contributed by atoms with Crippen molar-refractivity contribution >= 4 is 22.6 Å². The summed E-state index contributed by atoms with van der Waals surface area (Å²) in [5, 5.41) is 8.49. The molecule has 0 saturated carbocycles. The van der Waals surface area contributed by atoms with Crippen LogP contribution in [0, 0.1) is 0 Å². The molecule has 0 aliphatic carbocycles. The molecule has 3 N–H and O–H groups in total. The summed E-state index contributed by atoms with van der Waals surface area (Å²) < 4.78 is 1.69. The summed E-state index contributed by atoms with van der Waals surface area (Å²) in [6.45, 7) is 6.80. The molecule has 1 amide bonds. The molecule has 1 unspecified atom stereocenters. The molecule has 0 radical (unpaired) electrons. The first kappa shape index (κ1) is 27.4. The van der Waals surface area contributed by atoms with Gasteiger partial charge in [0.05, 0.1) is 28.6 Å². The number of nitrogen functional groups attached to an aromatic ring is 1. The maximum Gasteiger partial charge on any atom is 0.274 e. The third-order valence-corrected chi connectivity index (χ3v) is 7.57. The SMILES string of the molecule is CC(NC(=O)c1nc(-c2ccc3ncccc3c2)c(-c2ccn(C)n2)nc1N)c1cccc(CN2CCN(C)CC2)n1. The van der Waals surface area contributed by atoms with E-state index in [2.05, 4.69) is 37.2 Å². The van der Waals surface area contributed by atoms with Gasteiger partial charge in [-0.2, -0.15) is 5.10 Å². The van der Waals surface area contributed by atoms with Gasteiger partial charge in [-0.3, -0.25) is 24.3 Å². The number of carbonyl (C=O) groups is 1. The standard InChI is InChI=1S/C31H34N10O/c1-20(24-8-4-7-23(35-24)19-41-16-14-39(2)15-17-41)34-31(42)29-30(32)37-28(26-11-13-40(3)38-26)27(36-29)22-9-10-25-21(18-22)6-5-12-33-25/h4-13,18,20H,14-17,19H2,1-3H3,(H2,32,37)(H,34,42). The molecule has 1 fully saturated rings. The summed E-state index contributed by atoms with van der Waals surface area (Å²) in [4.78, 5) is 37.0. The van der Waals surface area contributed by atoms with Gasteiger partial charge in [0, 0.05) is 63.1 Å². The summed E-state index contributed by atoms with van der Waals surface area (Å²) in [6, 6.07) is 17.1. The molecule has 6 rings (SSSR count). The number of nitrogens with zero attached hydrogens (tertiary/aromatic N) is 8. The summed E-state index contributed by atoms with van der Waals surface area (Å²) in [7, 11) is 3.98. The van der Waals surface area contributed by atoms with Crippen LogP contribution in [-0.2, 0) is 13.6 Å². The van der Waals surface area contributed by atoms with E-state index in [1.807, 2.05) is 74.8 Å². The van der Waals surface area contributed by atoms with Crippen LogP contribution in [0.3, 0.4) is 0 Å². The summed E-state index contributed by atoms with van der Waals surface area (Å²) in [5.74, 6) is -0.390. The Hall–Kier alpha value is -4.74. The molecule has 0 bridgehead atoms. The number of nitrogens with two attached hydrogens (primary N) is 1. The highest BCUT2D eigenvalue weighted by atomic mass is 16.2. The zero-order valence-corrected chi connectivity index (χ0v) is 24.0. The number of nitrogens with one attached hydrogen (secondary N) is 1. The van der Waals surface area contributed by atoms with Gasteiger partial charge in [-0.05, 0) is 50.4 Å². The molecule has 1 saturated heterocycles. The summed E-state index contributed by atoms with van der Waals surface area (Å²) >= 11 is 0. The van der Waals surface area contributed by atoms with Crippen LogP contribution >= 0.6 is 0 Å². The number of hydrogen-bond acceptors (Lipinski definition) is 9. The normalized spacial score (nSPS) is 15.1. The minimum absolute atomic E-state index is 0.0309. The first-order valence-corrected chi connectivity index (χ1v) is 14.0.